The van der Waals surface area contributed by atoms with E-state index in [1.807, 2.05) is 24.3 Å². The van der Waals surface area contributed by atoms with Crippen molar-refractivity contribution in [1.29, 1.82) is 0 Å². The van der Waals surface area contributed by atoms with Gasteiger partial charge in [-0.05, 0) is 36.2 Å². The highest BCUT2D eigenvalue weighted by atomic mass is 79.9. The van der Waals surface area contributed by atoms with Gasteiger partial charge in [-0.1, -0.05) is 46.3 Å². The molecule has 1 N–H and O–H groups in total. The monoisotopic (exact) mass is 371 g/mol. The maximum Gasteiger partial charge on any atom is 0.216 e. The van der Waals surface area contributed by atoms with Crippen molar-refractivity contribution in [2.45, 2.75) is 18.7 Å². The lowest BCUT2D eigenvalue weighted by Gasteiger charge is -2.16. The van der Waals surface area contributed by atoms with Gasteiger partial charge in [-0.3, -0.25) is 0 Å². The third-order valence-electron chi connectivity index (χ3n) is 3.00. The van der Waals surface area contributed by atoms with Crippen LogP contribution in [-0.4, -0.2) is 8.42 Å². The van der Waals surface area contributed by atoms with Gasteiger partial charge in [0, 0.05) is 10.5 Å². The summed E-state index contributed by atoms with van der Waals surface area (Å²) in [6, 6.07) is 12.5. The maximum atomic E-state index is 12.8. The molecule has 6 heteroatoms. The topological polar surface area (TPSA) is 46.2 Å². The van der Waals surface area contributed by atoms with Gasteiger partial charge in [0.25, 0.3) is 0 Å². The molecule has 0 aromatic heterocycles. The molecule has 3 nitrogen and oxygen atoms in total. The number of sulfonamides is 1. The SMILES string of the molecule is CC(NS(=O)(=O)Cc1ccc(F)cc1)c1ccccc1Br. The van der Waals surface area contributed by atoms with Crippen molar-refractivity contribution in [2.24, 2.45) is 0 Å². The molecular formula is C15H15BrFNO2S. The Morgan fingerprint density at radius 2 is 1.76 bits per heavy atom. The molecule has 0 aliphatic carbocycles. The van der Waals surface area contributed by atoms with Crippen molar-refractivity contribution in [3.63, 3.8) is 0 Å². The van der Waals surface area contributed by atoms with Crippen molar-refractivity contribution >= 4 is 26.0 Å². The first-order valence-corrected chi connectivity index (χ1v) is 8.81. The summed E-state index contributed by atoms with van der Waals surface area (Å²) in [4.78, 5) is 0. The van der Waals surface area contributed by atoms with Crippen LogP contribution in [0.25, 0.3) is 0 Å². The van der Waals surface area contributed by atoms with E-state index in [0.717, 1.165) is 10.0 Å². The largest absolute Gasteiger partial charge is 0.216 e. The second-order valence-electron chi connectivity index (χ2n) is 4.75. The number of hydrogen-bond donors (Lipinski definition) is 1. The van der Waals surface area contributed by atoms with Gasteiger partial charge >= 0.3 is 0 Å². The number of hydrogen-bond acceptors (Lipinski definition) is 2. The minimum Gasteiger partial charge on any atom is -0.212 e. The zero-order valence-corrected chi connectivity index (χ0v) is 13.8. The average molecular weight is 372 g/mol. The van der Waals surface area contributed by atoms with Crippen LogP contribution in [0.4, 0.5) is 4.39 Å². The summed E-state index contributed by atoms with van der Waals surface area (Å²) in [5.41, 5.74) is 1.41. The molecule has 112 valence electrons. The number of nitrogens with one attached hydrogen (secondary N) is 1. The molecule has 0 saturated heterocycles. The molecule has 0 amide bonds. The first-order chi connectivity index (χ1) is 9.87. The van der Waals surface area contributed by atoms with Crippen LogP contribution in [0.15, 0.2) is 53.0 Å². The Labute approximate surface area is 132 Å². The van der Waals surface area contributed by atoms with E-state index in [-0.39, 0.29) is 17.6 Å². The predicted molar refractivity (Wildman–Crippen MR) is 84.7 cm³/mol. The van der Waals surface area contributed by atoms with Gasteiger partial charge in [0.15, 0.2) is 0 Å². The van der Waals surface area contributed by atoms with Crippen LogP contribution in [-0.2, 0) is 15.8 Å². The Kier molecular flexibility index (Phi) is 5.13. The Balaban J connectivity index is 2.10. The van der Waals surface area contributed by atoms with E-state index in [2.05, 4.69) is 20.7 Å². The van der Waals surface area contributed by atoms with E-state index in [4.69, 9.17) is 0 Å². The molecular weight excluding hydrogens is 357 g/mol. The van der Waals surface area contributed by atoms with Crippen molar-refractivity contribution in [3.05, 3.63) is 69.9 Å². The fourth-order valence-electron chi connectivity index (χ4n) is 2.00. The van der Waals surface area contributed by atoms with E-state index in [9.17, 15) is 12.8 Å². The van der Waals surface area contributed by atoms with Crippen molar-refractivity contribution < 1.29 is 12.8 Å². The quantitative estimate of drug-likeness (QED) is 0.869. The van der Waals surface area contributed by atoms with Gasteiger partial charge in [-0.15, -0.1) is 0 Å². The Morgan fingerprint density at radius 3 is 2.38 bits per heavy atom. The molecule has 2 aromatic carbocycles. The number of benzene rings is 2. The summed E-state index contributed by atoms with van der Waals surface area (Å²) in [6.45, 7) is 1.78. The fraction of sp³-hybridized carbons (Fsp3) is 0.200. The van der Waals surface area contributed by atoms with E-state index in [1.54, 1.807) is 6.92 Å². The molecule has 0 aliphatic rings. The molecule has 0 radical (unpaired) electrons. The lowest BCUT2D eigenvalue weighted by molar-refractivity contribution is 0.565. The van der Waals surface area contributed by atoms with Crippen molar-refractivity contribution in [1.82, 2.24) is 4.72 Å². The van der Waals surface area contributed by atoms with Gasteiger partial charge in [0.05, 0.1) is 5.75 Å². The molecule has 2 aromatic rings. The third-order valence-corrected chi connectivity index (χ3v) is 5.15. The number of rotatable bonds is 5. The van der Waals surface area contributed by atoms with Gasteiger partial charge in [0.1, 0.15) is 5.82 Å². The fourth-order valence-corrected chi connectivity index (χ4v) is 4.01. The third kappa shape index (κ3) is 4.62. The molecule has 0 heterocycles. The highest BCUT2D eigenvalue weighted by molar-refractivity contribution is 9.10. The standard InChI is InChI=1S/C15H15BrFNO2S/c1-11(14-4-2-3-5-15(14)16)18-21(19,20)10-12-6-8-13(17)9-7-12/h2-9,11,18H,10H2,1H3. The van der Waals surface area contributed by atoms with Gasteiger partial charge in [0.2, 0.25) is 10.0 Å². The summed E-state index contributed by atoms with van der Waals surface area (Å²) >= 11 is 3.40. The Morgan fingerprint density at radius 1 is 1.14 bits per heavy atom. The van der Waals surface area contributed by atoms with Crippen LogP contribution in [0.1, 0.15) is 24.1 Å². The van der Waals surface area contributed by atoms with Gasteiger partial charge in [-0.2, -0.15) is 0 Å². The highest BCUT2D eigenvalue weighted by Crippen LogP contribution is 2.23. The van der Waals surface area contributed by atoms with Crippen LogP contribution in [0.3, 0.4) is 0 Å². The zero-order valence-electron chi connectivity index (χ0n) is 11.4. The highest BCUT2D eigenvalue weighted by Gasteiger charge is 2.17. The summed E-state index contributed by atoms with van der Waals surface area (Å²) in [5.74, 6) is -0.562. The maximum absolute atomic E-state index is 12.8. The van der Waals surface area contributed by atoms with E-state index in [1.165, 1.54) is 24.3 Å². The van der Waals surface area contributed by atoms with Crippen molar-refractivity contribution in [2.75, 3.05) is 0 Å². The van der Waals surface area contributed by atoms with E-state index < -0.39 is 10.0 Å². The minimum atomic E-state index is -3.50. The second-order valence-corrected chi connectivity index (χ2v) is 7.35. The molecule has 1 atom stereocenters. The smallest absolute Gasteiger partial charge is 0.212 e. The lowest BCUT2D eigenvalue weighted by Crippen LogP contribution is -2.28. The average Bonchev–Trinajstić information content (AvgIpc) is 2.41. The molecule has 0 fully saturated rings. The summed E-state index contributed by atoms with van der Waals surface area (Å²) < 4.78 is 40.6. The van der Waals surface area contributed by atoms with Gasteiger partial charge in [-0.25, -0.2) is 17.5 Å². The minimum absolute atomic E-state index is 0.178. The van der Waals surface area contributed by atoms with Crippen LogP contribution < -0.4 is 4.72 Å². The van der Waals surface area contributed by atoms with Crippen LogP contribution in [0, 0.1) is 5.82 Å². The summed E-state index contributed by atoms with van der Waals surface area (Å²) in [7, 11) is -3.50. The molecule has 2 rings (SSSR count). The van der Waals surface area contributed by atoms with Crippen molar-refractivity contribution in [3.8, 4) is 0 Å². The molecule has 1 unspecified atom stereocenters. The van der Waals surface area contributed by atoms with E-state index >= 15 is 0 Å². The molecule has 21 heavy (non-hydrogen) atoms. The van der Waals surface area contributed by atoms with Crippen LogP contribution in [0.2, 0.25) is 0 Å². The molecule has 0 aliphatic heterocycles. The number of halogens is 2. The predicted octanol–water partition coefficient (Wildman–Crippen LogP) is 3.77. The zero-order chi connectivity index (χ0) is 15.5. The van der Waals surface area contributed by atoms with Crippen LogP contribution in [0.5, 0.6) is 0 Å². The second kappa shape index (κ2) is 6.68. The Bertz CT molecular complexity index is 717. The molecule has 0 bridgehead atoms. The Hall–Kier alpha value is -1.24. The van der Waals surface area contributed by atoms with Gasteiger partial charge < -0.3 is 0 Å². The molecule has 0 spiro atoms. The van der Waals surface area contributed by atoms with E-state index in [0.29, 0.717) is 5.56 Å². The lowest BCUT2D eigenvalue weighted by atomic mass is 10.1. The first-order valence-electron chi connectivity index (χ1n) is 6.36. The normalized spacial score (nSPS) is 13.1. The summed E-state index contributed by atoms with van der Waals surface area (Å²) in [6.07, 6.45) is 0. The summed E-state index contributed by atoms with van der Waals surface area (Å²) in [5, 5.41) is 0. The molecule has 0 saturated carbocycles. The van der Waals surface area contributed by atoms with Crippen LogP contribution >= 0.6 is 15.9 Å². The first kappa shape index (κ1) is 16.1.